The fourth-order valence-electron chi connectivity index (χ4n) is 3.26. The van der Waals surface area contributed by atoms with Gasteiger partial charge in [-0.05, 0) is 19.3 Å². The summed E-state index contributed by atoms with van der Waals surface area (Å²) < 4.78 is 5.40. The summed E-state index contributed by atoms with van der Waals surface area (Å²) in [7, 11) is 0. The molecule has 1 N–H and O–H groups in total. The van der Waals surface area contributed by atoms with Crippen LogP contribution in [0.2, 0.25) is 0 Å². The second-order valence-electron chi connectivity index (χ2n) is 5.95. The molecule has 20 heavy (non-hydrogen) atoms. The summed E-state index contributed by atoms with van der Waals surface area (Å²) in [6.07, 6.45) is 3.61. The highest BCUT2D eigenvalue weighted by Crippen LogP contribution is 2.21. The van der Waals surface area contributed by atoms with E-state index in [1.807, 2.05) is 0 Å². The molecule has 3 aliphatic rings. The molecule has 0 radical (unpaired) electrons. The van der Waals surface area contributed by atoms with Crippen LogP contribution < -0.4 is 5.32 Å². The van der Waals surface area contributed by atoms with Crippen LogP contribution in [0.5, 0.6) is 0 Å². The summed E-state index contributed by atoms with van der Waals surface area (Å²) >= 11 is 0. The highest BCUT2D eigenvalue weighted by molar-refractivity contribution is 5.85. The van der Waals surface area contributed by atoms with Crippen LogP contribution in [0.3, 0.4) is 0 Å². The molecule has 3 fully saturated rings. The molecule has 0 bridgehead atoms. The van der Waals surface area contributed by atoms with E-state index in [4.69, 9.17) is 4.74 Å². The van der Waals surface area contributed by atoms with E-state index < -0.39 is 0 Å². The molecule has 1 atom stereocenters. The first kappa shape index (κ1) is 16.0. The van der Waals surface area contributed by atoms with Gasteiger partial charge in [-0.1, -0.05) is 0 Å². The third kappa shape index (κ3) is 3.64. The van der Waals surface area contributed by atoms with Gasteiger partial charge in [0.2, 0.25) is 5.91 Å². The fraction of sp³-hybridized carbons (Fsp3) is 0.929. The van der Waals surface area contributed by atoms with Gasteiger partial charge in [0.1, 0.15) is 0 Å². The fourth-order valence-corrected chi connectivity index (χ4v) is 3.26. The molecule has 116 valence electrons. The first-order chi connectivity index (χ1) is 9.34. The zero-order valence-corrected chi connectivity index (χ0v) is 12.9. The van der Waals surface area contributed by atoms with Crippen molar-refractivity contribution in [2.45, 2.75) is 25.3 Å². The van der Waals surface area contributed by atoms with Crippen LogP contribution in [0.1, 0.15) is 19.3 Å². The summed E-state index contributed by atoms with van der Waals surface area (Å²) in [5.74, 6) is 0.627. The van der Waals surface area contributed by atoms with Crippen LogP contribution in [0.4, 0.5) is 0 Å². The molecule has 1 amide bonds. The third-order valence-electron chi connectivity index (χ3n) is 4.61. The normalized spacial score (nSPS) is 28.6. The zero-order chi connectivity index (χ0) is 13.1. The first-order valence-electron chi connectivity index (χ1n) is 7.66. The predicted molar refractivity (Wildman–Crippen MR) is 80.2 cm³/mol. The van der Waals surface area contributed by atoms with E-state index in [-0.39, 0.29) is 18.3 Å². The van der Waals surface area contributed by atoms with E-state index in [0.717, 1.165) is 52.5 Å². The quantitative estimate of drug-likeness (QED) is 0.817. The number of halogens is 1. The van der Waals surface area contributed by atoms with Crippen molar-refractivity contribution in [2.24, 2.45) is 5.92 Å². The first-order valence-corrected chi connectivity index (χ1v) is 7.66. The monoisotopic (exact) mass is 303 g/mol. The second kappa shape index (κ2) is 7.59. The van der Waals surface area contributed by atoms with Crippen LogP contribution in [-0.4, -0.2) is 74.2 Å². The van der Waals surface area contributed by atoms with Gasteiger partial charge >= 0.3 is 0 Å². The maximum absolute atomic E-state index is 12.5. The van der Waals surface area contributed by atoms with Crippen molar-refractivity contribution in [3.63, 3.8) is 0 Å². The molecular formula is C14H26ClN3O2. The standard InChI is InChI=1S/C14H25N3O2.ClH/c18-14(12-9-15-10-12)17-4-2-1-3-13(17)11-16-5-7-19-8-6-16;/h12-13,15H,1-11H2;1H. The smallest absolute Gasteiger partial charge is 0.228 e. The molecule has 0 spiro atoms. The number of carbonyl (C=O) groups is 1. The van der Waals surface area contributed by atoms with E-state index in [9.17, 15) is 4.79 Å². The van der Waals surface area contributed by atoms with Crippen molar-refractivity contribution in [2.75, 3.05) is 52.5 Å². The number of hydrogen-bond acceptors (Lipinski definition) is 4. The van der Waals surface area contributed by atoms with Crippen LogP contribution >= 0.6 is 12.4 Å². The molecule has 1 unspecified atom stereocenters. The largest absolute Gasteiger partial charge is 0.379 e. The Hall–Kier alpha value is -0.360. The number of nitrogens with one attached hydrogen (secondary N) is 1. The van der Waals surface area contributed by atoms with Crippen molar-refractivity contribution in [1.29, 1.82) is 0 Å². The molecule has 3 rings (SSSR count). The number of piperidine rings is 1. The number of nitrogens with zero attached hydrogens (tertiary/aromatic N) is 2. The van der Waals surface area contributed by atoms with Gasteiger partial charge < -0.3 is 15.0 Å². The van der Waals surface area contributed by atoms with E-state index in [1.165, 1.54) is 19.3 Å². The number of amides is 1. The van der Waals surface area contributed by atoms with E-state index in [1.54, 1.807) is 0 Å². The van der Waals surface area contributed by atoms with Crippen molar-refractivity contribution < 1.29 is 9.53 Å². The van der Waals surface area contributed by atoms with Crippen LogP contribution in [0.25, 0.3) is 0 Å². The van der Waals surface area contributed by atoms with E-state index >= 15 is 0 Å². The Morgan fingerprint density at radius 2 is 1.90 bits per heavy atom. The summed E-state index contributed by atoms with van der Waals surface area (Å²) in [6, 6.07) is 0.431. The minimum Gasteiger partial charge on any atom is -0.379 e. The Kier molecular flexibility index (Phi) is 6.08. The average molecular weight is 304 g/mol. The Morgan fingerprint density at radius 1 is 1.15 bits per heavy atom. The Morgan fingerprint density at radius 3 is 2.55 bits per heavy atom. The predicted octanol–water partition coefficient (Wildman–Crippen LogP) is 0.341. The van der Waals surface area contributed by atoms with Crippen LogP contribution in [0, 0.1) is 5.92 Å². The number of rotatable bonds is 3. The molecule has 6 heteroatoms. The summed E-state index contributed by atoms with van der Waals surface area (Å²) in [4.78, 5) is 17.1. The lowest BCUT2D eigenvalue weighted by Gasteiger charge is -2.42. The van der Waals surface area contributed by atoms with E-state index in [0.29, 0.717) is 11.9 Å². The third-order valence-corrected chi connectivity index (χ3v) is 4.61. The maximum atomic E-state index is 12.5. The minimum absolute atomic E-state index is 0. The van der Waals surface area contributed by atoms with Gasteiger partial charge in [-0.25, -0.2) is 0 Å². The number of morpholine rings is 1. The Labute approximate surface area is 127 Å². The molecular weight excluding hydrogens is 278 g/mol. The van der Waals surface area contributed by atoms with Crippen molar-refractivity contribution in [1.82, 2.24) is 15.1 Å². The number of carbonyl (C=O) groups excluding carboxylic acids is 1. The van der Waals surface area contributed by atoms with E-state index in [2.05, 4.69) is 15.1 Å². The van der Waals surface area contributed by atoms with Crippen molar-refractivity contribution in [3.8, 4) is 0 Å². The second-order valence-corrected chi connectivity index (χ2v) is 5.95. The van der Waals surface area contributed by atoms with Crippen LogP contribution in [0.15, 0.2) is 0 Å². The van der Waals surface area contributed by atoms with Gasteiger partial charge in [-0.15, -0.1) is 12.4 Å². The van der Waals surface area contributed by atoms with Crippen molar-refractivity contribution in [3.05, 3.63) is 0 Å². The highest BCUT2D eigenvalue weighted by atomic mass is 35.5. The molecule has 0 aliphatic carbocycles. The molecule has 5 nitrogen and oxygen atoms in total. The van der Waals surface area contributed by atoms with Gasteiger partial charge in [0.25, 0.3) is 0 Å². The topological polar surface area (TPSA) is 44.8 Å². The van der Waals surface area contributed by atoms with Gasteiger partial charge in [0, 0.05) is 45.3 Å². The molecule has 3 saturated heterocycles. The maximum Gasteiger partial charge on any atom is 0.228 e. The molecule has 3 heterocycles. The molecule has 0 saturated carbocycles. The zero-order valence-electron chi connectivity index (χ0n) is 12.1. The van der Waals surface area contributed by atoms with Gasteiger partial charge in [-0.3, -0.25) is 9.69 Å². The lowest BCUT2D eigenvalue weighted by Crippen LogP contribution is -2.57. The Bertz CT molecular complexity index is 320. The summed E-state index contributed by atoms with van der Waals surface area (Å²) in [5, 5.41) is 3.20. The minimum atomic E-state index is 0. The summed E-state index contributed by atoms with van der Waals surface area (Å²) in [5.41, 5.74) is 0. The molecule has 3 aliphatic heterocycles. The Balaban J connectivity index is 0.00000147. The van der Waals surface area contributed by atoms with Gasteiger partial charge in [0.05, 0.1) is 19.1 Å². The number of hydrogen-bond donors (Lipinski definition) is 1. The molecule has 0 aromatic rings. The number of ether oxygens (including phenoxy) is 1. The SMILES string of the molecule is Cl.O=C(C1CNC1)N1CCCCC1CN1CCOCC1. The van der Waals surface area contributed by atoms with Crippen molar-refractivity contribution >= 4 is 18.3 Å². The van der Waals surface area contributed by atoms with Gasteiger partial charge in [-0.2, -0.15) is 0 Å². The highest BCUT2D eigenvalue weighted by Gasteiger charge is 2.34. The average Bonchev–Trinajstić information content (AvgIpc) is 2.38. The summed E-state index contributed by atoms with van der Waals surface area (Å²) in [6.45, 7) is 7.46. The lowest BCUT2D eigenvalue weighted by molar-refractivity contribution is -0.141. The number of likely N-dealkylation sites (tertiary alicyclic amines) is 1. The lowest BCUT2D eigenvalue weighted by atomic mass is 9.96. The molecule has 0 aromatic heterocycles. The van der Waals surface area contributed by atoms with Gasteiger partial charge in [0.15, 0.2) is 0 Å². The molecule has 0 aromatic carbocycles. The van der Waals surface area contributed by atoms with Crippen LogP contribution in [-0.2, 0) is 9.53 Å².